The number of likely N-dealkylation sites (tertiary alicyclic amines) is 1. The van der Waals surface area contributed by atoms with Crippen LogP contribution in [0.4, 0.5) is 0 Å². The molecule has 2 aromatic rings. The van der Waals surface area contributed by atoms with E-state index in [1.165, 1.54) is 69.9 Å². The molecule has 0 spiro atoms. The van der Waals surface area contributed by atoms with Crippen LogP contribution in [-0.4, -0.2) is 37.0 Å². The fourth-order valence-electron chi connectivity index (χ4n) is 4.78. The molecule has 27 heavy (non-hydrogen) atoms. The third-order valence-corrected chi connectivity index (χ3v) is 6.46. The summed E-state index contributed by atoms with van der Waals surface area (Å²) in [6, 6.07) is 0.651. The van der Waals surface area contributed by atoms with E-state index < -0.39 is 0 Å². The van der Waals surface area contributed by atoms with Crippen LogP contribution in [0.25, 0.3) is 0 Å². The highest BCUT2D eigenvalue weighted by atomic mass is 15.2. The molecule has 1 aliphatic carbocycles. The van der Waals surface area contributed by atoms with E-state index in [4.69, 9.17) is 9.97 Å². The van der Waals surface area contributed by atoms with Crippen molar-refractivity contribution in [3.05, 3.63) is 42.0 Å². The van der Waals surface area contributed by atoms with Crippen molar-refractivity contribution in [2.45, 2.75) is 89.8 Å². The quantitative estimate of drug-likeness (QED) is 0.755. The molecule has 2 aromatic heterocycles. The van der Waals surface area contributed by atoms with Crippen LogP contribution >= 0.6 is 0 Å². The Bertz CT molecular complexity index is 702. The zero-order valence-corrected chi connectivity index (χ0v) is 16.7. The minimum absolute atomic E-state index is 0.592. The van der Waals surface area contributed by atoms with Gasteiger partial charge in [0.05, 0.1) is 0 Å². The third kappa shape index (κ3) is 4.75. The Morgan fingerprint density at radius 2 is 1.74 bits per heavy atom. The molecule has 1 unspecified atom stereocenters. The molecule has 5 heteroatoms. The third-order valence-electron chi connectivity index (χ3n) is 6.46. The summed E-state index contributed by atoms with van der Waals surface area (Å²) in [5, 5.41) is 0. The second-order valence-corrected chi connectivity index (χ2v) is 8.36. The first kappa shape index (κ1) is 18.6. The van der Waals surface area contributed by atoms with Gasteiger partial charge in [-0.25, -0.2) is 15.0 Å². The van der Waals surface area contributed by atoms with Gasteiger partial charge >= 0.3 is 0 Å². The van der Waals surface area contributed by atoms with E-state index in [9.17, 15) is 0 Å². The smallest absolute Gasteiger partial charge is 0.131 e. The Morgan fingerprint density at radius 1 is 0.963 bits per heavy atom. The lowest BCUT2D eigenvalue weighted by Crippen LogP contribution is -2.39. The van der Waals surface area contributed by atoms with E-state index in [0.717, 1.165) is 24.7 Å². The van der Waals surface area contributed by atoms with Gasteiger partial charge in [-0.05, 0) is 45.6 Å². The highest BCUT2D eigenvalue weighted by Crippen LogP contribution is 2.30. The molecule has 0 amide bonds. The van der Waals surface area contributed by atoms with Crippen LogP contribution in [0.15, 0.2) is 24.8 Å². The number of hydrogen-bond donors (Lipinski definition) is 0. The van der Waals surface area contributed by atoms with E-state index in [-0.39, 0.29) is 0 Å². The van der Waals surface area contributed by atoms with Crippen LogP contribution in [0.2, 0.25) is 0 Å². The van der Waals surface area contributed by atoms with Gasteiger partial charge in [0.15, 0.2) is 0 Å². The van der Waals surface area contributed by atoms with Crippen molar-refractivity contribution in [1.29, 1.82) is 0 Å². The van der Waals surface area contributed by atoms with Crippen LogP contribution in [0.1, 0.15) is 80.9 Å². The van der Waals surface area contributed by atoms with Crippen molar-refractivity contribution in [2.24, 2.45) is 0 Å². The van der Waals surface area contributed by atoms with Gasteiger partial charge in [-0.1, -0.05) is 25.7 Å². The first-order valence-corrected chi connectivity index (χ1v) is 10.8. The molecular weight excluding hydrogens is 334 g/mol. The highest BCUT2D eigenvalue weighted by molar-refractivity contribution is 5.08. The molecule has 2 aliphatic rings. The van der Waals surface area contributed by atoms with Crippen LogP contribution < -0.4 is 0 Å². The van der Waals surface area contributed by atoms with Crippen LogP contribution in [-0.2, 0) is 13.1 Å². The van der Waals surface area contributed by atoms with Crippen LogP contribution in [0, 0.1) is 6.92 Å². The second-order valence-electron chi connectivity index (χ2n) is 8.36. The molecule has 2 fully saturated rings. The lowest BCUT2D eigenvalue weighted by molar-refractivity contribution is 0.128. The second kappa shape index (κ2) is 8.96. The Morgan fingerprint density at radius 3 is 2.48 bits per heavy atom. The molecule has 4 rings (SSSR count). The molecular formula is C22H33N5. The number of rotatable bonds is 6. The van der Waals surface area contributed by atoms with Gasteiger partial charge in [0.25, 0.3) is 0 Å². The zero-order valence-electron chi connectivity index (χ0n) is 16.7. The molecule has 1 aliphatic heterocycles. The van der Waals surface area contributed by atoms with Crippen molar-refractivity contribution < 1.29 is 0 Å². The lowest BCUT2D eigenvalue weighted by Gasteiger charge is -2.36. The van der Waals surface area contributed by atoms with Gasteiger partial charge in [-0.2, -0.15) is 0 Å². The van der Waals surface area contributed by atoms with E-state index in [2.05, 4.69) is 40.0 Å². The summed E-state index contributed by atoms with van der Waals surface area (Å²) in [5.41, 5.74) is 1.26. The monoisotopic (exact) mass is 367 g/mol. The molecule has 3 heterocycles. The number of hydrogen-bond acceptors (Lipinski definition) is 4. The number of nitrogens with zero attached hydrogens (tertiary/aromatic N) is 5. The molecule has 5 nitrogen and oxygen atoms in total. The van der Waals surface area contributed by atoms with Crippen molar-refractivity contribution in [2.75, 3.05) is 6.54 Å². The fraction of sp³-hybridized carbons (Fsp3) is 0.682. The molecule has 0 radical (unpaired) electrons. The Kier molecular flexibility index (Phi) is 6.17. The summed E-state index contributed by atoms with van der Waals surface area (Å²) in [4.78, 5) is 16.5. The maximum Gasteiger partial charge on any atom is 0.131 e. The van der Waals surface area contributed by atoms with E-state index in [1.54, 1.807) is 0 Å². The standard InChI is InChI=1S/C22H33N5/c1-18-23-11-14-26(18)13-10-21-9-5-6-12-27(21)17-19-15-24-22(25-16-19)20-7-3-2-4-8-20/h11,14-16,20-21H,2-10,12-13,17H2,1H3. The molecule has 0 bridgehead atoms. The van der Waals surface area contributed by atoms with Gasteiger partial charge in [0, 0.05) is 55.4 Å². The summed E-state index contributed by atoms with van der Waals surface area (Å²) in [5.74, 6) is 2.78. The molecule has 0 N–H and O–H groups in total. The van der Waals surface area contributed by atoms with E-state index in [1.807, 2.05) is 6.20 Å². The number of aryl methyl sites for hydroxylation is 2. The van der Waals surface area contributed by atoms with Crippen LogP contribution in [0.5, 0.6) is 0 Å². The Labute approximate surface area is 163 Å². The number of piperidine rings is 1. The lowest BCUT2D eigenvalue weighted by atomic mass is 9.89. The Hall–Kier alpha value is -1.75. The van der Waals surface area contributed by atoms with Crippen molar-refractivity contribution >= 4 is 0 Å². The van der Waals surface area contributed by atoms with Crippen molar-refractivity contribution in [3.63, 3.8) is 0 Å². The van der Waals surface area contributed by atoms with Gasteiger partial charge in [0.2, 0.25) is 0 Å². The molecule has 1 saturated heterocycles. The predicted octanol–water partition coefficient (Wildman–Crippen LogP) is 4.47. The van der Waals surface area contributed by atoms with Gasteiger partial charge in [0.1, 0.15) is 11.6 Å². The van der Waals surface area contributed by atoms with Crippen molar-refractivity contribution in [1.82, 2.24) is 24.4 Å². The molecule has 1 atom stereocenters. The minimum atomic E-state index is 0.592. The highest BCUT2D eigenvalue weighted by Gasteiger charge is 2.23. The summed E-state index contributed by atoms with van der Waals surface area (Å²) < 4.78 is 2.27. The maximum atomic E-state index is 4.74. The minimum Gasteiger partial charge on any atom is -0.335 e. The average molecular weight is 368 g/mol. The van der Waals surface area contributed by atoms with Gasteiger partial charge in [-0.3, -0.25) is 4.90 Å². The number of aromatic nitrogens is 4. The van der Waals surface area contributed by atoms with Crippen molar-refractivity contribution in [3.8, 4) is 0 Å². The summed E-state index contributed by atoms with van der Waals surface area (Å²) >= 11 is 0. The largest absolute Gasteiger partial charge is 0.335 e. The zero-order chi connectivity index (χ0) is 18.5. The Balaban J connectivity index is 1.35. The summed E-state index contributed by atoms with van der Waals surface area (Å²) in [6.07, 6.45) is 19.9. The van der Waals surface area contributed by atoms with Gasteiger partial charge in [-0.15, -0.1) is 0 Å². The first-order valence-electron chi connectivity index (χ1n) is 10.8. The van der Waals surface area contributed by atoms with E-state index in [0.29, 0.717) is 12.0 Å². The average Bonchev–Trinajstić information content (AvgIpc) is 3.13. The molecule has 1 saturated carbocycles. The summed E-state index contributed by atoms with van der Waals surface area (Å²) in [6.45, 7) is 5.32. The summed E-state index contributed by atoms with van der Waals surface area (Å²) in [7, 11) is 0. The van der Waals surface area contributed by atoms with Gasteiger partial charge < -0.3 is 4.57 Å². The molecule has 0 aromatic carbocycles. The van der Waals surface area contributed by atoms with Crippen LogP contribution in [0.3, 0.4) is 0 Å². The predicted molar refractivity (Wildman–Crippen MR) is 107 cm³/mol. The topological polar surface area (TPSA) is 46.8 Å². The van der Waals surface area contributed by atoms with E-state index >= 15 is 0 Å². The molecule has 146 valence electrons. The fourth-order valence-corrected chi connectivity index (χ4v) is 4.78. The first-order chi connectivity index (χ1) is 13.3. The number of imidazole rings is 1. The SMILES string of the molecule is Cc1nccn1CCC1CCCCN1Cc1cnc(C2CCCCC2)nc1. The normalized spacial score (nSPS) is 22.2. The maximum absolute atomic E-state index is 4.74.